The first-order valence-corrected chi connectivity index (χ1v) is 12.8. The van der Waals surface area contributed by atoms with E-state index in [1.807, 2.05) is 27.7 Å². The van der Waals surface area contributed by atoms with Crippen molar-refractivity contribution >= 4 is 5.97 Å². The van der Waals surface area contributed by atoms with Crippen LogP contribution < -0.4 is 0 Å². The molecular formula is C30H42FNO4. The van der Waals surface area contributed by atoms with Gasteiger partial charge in [-0.25, -0.2) is 4.39 Å². The number of carbonyl (C=O) groups excluding carboxylic acids is 1. The number of rotatable bonds is 9. The predicted molar refractivity (Wildman–Crippen MR) is 140 cm³/mol. The van der Waals surface area contributed by atoms with Gasteiger partial charge in [0.15, 0.2) is 0 Å². The molecule has 2 atom stereocenters. The highest BCUT2D eigenvalue weighted by molar-refractivity contribution is 5.66. The lowest BCUT2D eigenvalue weighted by molar-refractivity contribution is -0.144. The van der Waals surface area contributed by atoms with Crippen LogP contribution >= 0.6 is 0 Å². The van der Waals surface area contributed by atoms with Crippen molar-refractivity contribution in [3.05, 3.63) is 47.5 Å². The minimum atomic E-state index is -1.24. The Morgan fingerprint density at radius 3 is 2.36 bits per heavy atom. The number of halogens is 1. The van der Waals surface area contributed by atoms with Crippen LogP contribution in [-0.4, -0.2) is 29.9 Å². The third-order valence-electron chi connectivity index (χ3n) is 6.59. The summed E-state index contributed by atoms with van der Waals surface area (Å²) in [6, 6.07) is 7.11. The van der Waals surface area contributed by atoms with Crippen LogP contribution in [0.1, 0.15) is 97.1 Å². The Hall–Kier alpha value is -2.83. The first-order chi connectivity index (χ1) is 17.0. The molecule has 1 aromatic carbocycles. The van der Waals surface area contributed by atoms with Gasteiger partial charge < -0.3 is 14.6 Å². The van der Waals surface area contributed by atoms with E-state index in [4.69, 9.17) is 4.74 Å². The van der Waals surface area contributed by atoms with Gasteiger partial charge in [-0.15, -0.1) is 0 Å². The monoisotopic (exact) mass is 499 g/mol. The fourth-order valence-electron chi connectivity index (χ4n) is 4.68. The van der Waals surface area contributed by atoms with Crippen LogP contribution in [0.2, 0.25) is 0 Å². The molecular weight excluding hydrogens is 457 g/mol. The molecule has 36 heavy (non-hydrogen) atoms. The molecule has 0 heterocycles. The molecule has 0 aromatic heterocycles. The van der Waals surface area contributed by atoms with Gasteiger partial charge in [0, 0.05) is 24.5 Å². The van der Waals surface area contributed by atoms with Gasteiger partial charge in [0.2, 0.25) is 0 Å². The molecule has 0 amide bonds. The smallest absolute Gasteiger partial charge is 0.302 e. The summed E-state index contributed by atoms with van der Waals surface area (Å²) >= 11 is 0. The zero-order chi connectivity index (χ0) is 27.4. The van der Waals surface area contributed by atoms with Gasteiger partial charge in [0.05, 0.1) is 30.5 Å². The van der Waals surface area contributed by atoms with Gasteiger partial charge in [-0.3, -0.25) is 4.79 Å². The minimum Gasteiger partial charge on any atom is -0.502 e. The van der Waals surface area contributed by atoms with Gasteiger partial charge >= 0.3 is 5.97 Å². The van der Waals surface area contributed by atoms with E-state index in [0.717, 1.165) is 32.1 Å². The summed E-state index contributed by atoms with van der Waals surface area (Å²) in [5.41, 5.74) is -1.13. The number of carbonyl (C=O) groups is 1. The van der Waals surface area contributed by atoms with Crippen LogP contribution in [0.5, 0.6) is 0 Å². The number of hydrogen-bond donors (Lipinski definition) is 1. The second kappa shape index (κ2) is 14.7. The lowest BCUT2D eigenvalue weighted by Crippen LogP contribution is -2.35. The van der Waals surface area contributed by atoms with Crippen molar-refractivity contribution in [2.45, 2.75) is 103 Å². The van der Waals surface area contributed by atoms with E-state index < -0.39 is 16.8 Å². The normalized spacial score (nSPS) is 16.3. The number of esters is 1. The molecule has 2 rings (SSSR count). The maximum Gasteiger partial charge on any atom is 0.302 e. The van der Waals surface area contributed by atoms with E-state index in [-0.39, 0.29) is 24.4 Å². The molecule has 1 aliphatic carbocycles. The molecule has 1 aromatic rings. The highest BCUT2D eigenvalue weighted by atomic mass is 19.1. The Balaban J connectivity index is 0.000000809. The third-order valence-corrected chi connectivity index (χ3v) is 6.59. The number of methoxy groups -OCH3 is 1. The molecule has 0 radical (unpaired) electrons. The van der Waals surface area contributed by atoms with Crippen molar-refractivity contribution in [2.75, 3.05) is 7.11 Å². The number of nitriles is 1. The summed E-state index contributed by atoms with van der Waals surface area (Å²) < 4.78 is 24.7. The molecule has 198 valence electrons. The Morgan fingerprint density at radius 2 is 1.94 bits per heavy atom. The van der Waals surface area contributed by atoms with E-state index in [2.05, 4.69) is 29.2 Å². The lowest BCUT2D eigenvalue weighted by atomic mass is 9.75. The van der Waals surface area contributed by atoms with Crippen LogP contribution in [0.25, 0.3) is 0 Å². The first kappa shape index (κ1) is 31.2. The molecule has 2 unspecified atom stereocenters. The fraction of sp³-hybridized carbons (Fsp3) is 0.600. The average molecular weight is 500 g/mol. The molecule has 0 saturated heterocycles. The Labute approximate surface area is 216 Å². The average Bonchev–Trinajstić information content (AvgIpc) is 3.37. The third kappa shape index (κ3) is 8.99. The van der Waals surface area contributed by atoms with Crippen molar-refractivity contribution in [3.63, 3.8) is 0 Å². The largest absolute Gasteiger partial charge is 0.502 e. The van der Waals surface area contributed by atoms with E-state index >= 15 is 0 Å². The molecule has 0 spiro atoms. The van der Waals surface area contributed by atoms with E-state index in [1.165, 1.54) is 20.1 Å². The standard InChI is InChI=1S/C25H32FNO2.C5H10O2/c1-5-14-24(6-2,18-27)22-12-11-20(16-23(22)26)13-15-25(28,17-19(3)29-4)21-9-7-8-10-21;1-4(2)7-5(3)6/h11-12,16,21,28H,3,5-10,14,17H2,1-2,4H3;4H,1-3H3. The fourth-order valence-corrected chi connectivity index (χ4v) is 4.68. The molecule has 1 aliphatic rings. The topological polar surface area (TPSA) is 79.5 Å². The second-order valence-electron chi connectivity index (χ2n) is 9.73. The molecule has 1 N–H and O–H groups in total. The van der Waals surface area contributed by atoms with Gasteiger partial charge in [-0.2, -0.15) is 5.26 Å². The highest BCUT2D eigenvalue weighted by Crippen LogP contribution is 2.38. The molecule has 0 aliphatic heterocycles. The Morgan fingerprint density at radius 1 is 1.31 bits per heavy atom. The minimum absolute atomic E-state index is 0.0255. The molecule has 0 bridgehead atoms. The summed E-state index contributed by atoms with van der Waals surface area (Å²) in [7, 11) is 1.53. The van der Waals surface area contributed by atoms with Crippen molar-refractivity contribution in [1.82, 2.24) is 0 Å². The number of hydrogen-bond acceptors (Lipinski definition) is 5. The summed E-state index contributed by atoms with van der Waals surface area (Å²) in [4.78, 5) is 10.0. The second-order valence-corrected chi connectivity index (χ2v) is 9.73. The summed E-state index contributed by atoms with van der Waals surface area (Å²) in [6.45, 7) is 12.8. The van der Waals surface area contributed by atoms with E-state index in [1.54, 1.807) is 12.1 Å². The number of nitrogens with zero attached hydrogens (tertiary/aromatic N) is 1. The van der Waals surface area contributed by atoms with Crippen LogP contribution in [0, 0.1) is 34.9 Å². The van der Waals surface area contributed by atoms with Crippen LogP contribution in [0.4, 0.5) is 4.39 Å². The number of benzene rings is 1. The van der Waals surface area contributed by atoms with Crippen molar-refractivity contribution < 1.29 is 23.8 Å². The zero-order valence-corrected chi connectivity index (χ0v) is 22.7. The summed E-state index contributed by atoms with van der Waals surface area (Å²) in [5, 5.41) is 20.9. The van der Waals surface area contributed by atoms with Crippen LogP contribution in [-0.2, 0) is 19.7 Å². The van der Waals surface area contributed by atoms with Crippen LogP contribution in [0.3, 0.4) is 0 Å². The molecule has 1 fully saturated rings. The maximum absolute atomic E-state index is 14.9. The quantitative estimate of drug-likeness (QED) is 0.236. The van der Waals surface area contributed by atoms with E-state index in [0.29, 0.717) is 29.7 Å². The lowest BCUT2D eigenvalue weighted by Gasteiger charge is -2.29. The number of ether oxygens (including phenoxy) is 2. The first-order valence-electron chi connectivity index (χ1n) is 12.8. The Bertz CT molecular complexity index is 981. The highest BCUT2D eigenvalue weighted by Gasteiger charge is 2.38. The van der Waals surface area contributed by atoms with Crippen molar-refractivity contribution in [3.8, 4) is 17.9 Å². The van der Waals surface area contributed by atoms with Gasteiger partial charge in [-0.05, 0) is 57.6 Å². The van der Waals surface area contributed by atoms with E-state index in [9.17, 15) is 19.6 Å². The van der Waals surface area contributed by atoms with Crippen molar-refractivity contribution in [1.29, 1.82) is 5.26 Å². The molecule has 5 nitrogen and oxygen atoms in total. The zero-order valence-electron chi connectivity index (χ0n) is 22.7. The van der Waals surface area contributed by atoms with Gasteiger partial charge in [0.25, 0.3) is 0 Å². The van der Waals surface area contributed by atoms with Crippen LogP contribution in [0.15, 0.2) is 30.5 Å². The maximum atomic E-state index is 14.9. The van der Waals surface area contributed by atoms with Crippen molar-refractivity contribution in [2.24, 2.45) is 5.92 Å². The summed E-state index contributed by atoms with van der Waals surface area (Å²) in [6.07, 6.45) is 6.21. The molecule has 6 heteroatoms. The Kier molecular flexibility index (Phi) is 12.7. The summed E-state index contributed by atoms with van der Waals surface area (Å²) in [5.74, 6) is 5.86. The number of aliphatic hydroxyl groups is 1. The van der Waals surface area contributed by atoms with Gasteiger partial charge in [-0.1, -0.05) is 57.6 Å². The molecule has 1 saturated carbocycles. The predicted octanol–water partition coefficient (Wildman–Crippen LogP) is 6.58. The SMILES string of the molecule is C=C(CC(O)(C#Cc1ccc(C(C#N)(CC)CCC)c(F)c1)C1CCCC1)OC.CC(=O)OC(C)C. The van der Waals surface area contributed by atoms with Gasteiger partial charge in [0.1, 0.15) is 11.4 Å².